The van der Waals surface area contributed by atoms with Gasteiger partial charge >= 0.3 is 0 Å². The summed E-state index contributed by atoms with van der Waals surface area (Å²) in [6.07, 6.45) is 1.43. The molecule has 0 radical (unpaired) electrons. The highest BCUT2D eigenvalue weighted by Gasteiger charge is 2.32. The summed E-state index contributed by atoms with van der Waals surface area (Å²) < 4.78 is 28.6. The molecule has 1 aliphatic heterocycles. The number of hydrogen-bond donors (Lipinski definition) is 1. The third-order valence-electron chi connectivity index (χ3n) is 3.77. The number of para-hydroxylation sites is 1. The second kappa shape index (κ2) is 5.49. The Kier molecular flexibility index (Phi) is 3.66. The summed E-state index contributed by atoms with van der Waals surface area (Å²) in [5.41, 5.74) is 0.403. The molecule has 5 nitrogen and oxygen atoms in total. The fourth-order valence-corrected chi connectivity index (χ4v) is 2.49. The van der Waals surface area contributed by atoms with Gasteiger partial charge in [-0.05, 0) is 19.1 Å². The molecule has 0 unspecified atom stereocenters. The van der Waals surface area contributed by atoms with Crippen LogP contribution in [-0.4, -0.2) is 45.4 Å². The van der Waals surface area contributed by atoms with Gasteiger partial charge in [0, 0.05) is 37.4 Å². The van der Waals surface area contributed by atoms with Crippen LogP contribution in [0.1, 0.15) is 16.1 Å². The van der Waals surface area contributed by atoms with E-state index in [1.165, 1.54) is 12.3 Å². The van der Waals surface area contributed by atoms with Crippen molar-refractivity contribution in [2.45, 2.75) is 6.92 Å². The normalized spacial score (nSPS) is 15.0. The summed E-state index contributed by atoms with van der Waals surface area (Å²) >= 11 is 0. The summed E-state index contributed by atoms with van der Waals surface area (Å²) in [6, 6.07) is 3.54. The zero-order chi connectivity index (χ0) is 15.9. The topological polar surface area (TPSA) is 58.4 Å². The van der Waals surface area contributed by atoms with E-state index in [2.05, 4.69) is 5.10 Å². The first-order valence-corrected chi connectivity index (χ1v) is 6.92. The molecule has 1 amide bonds. The molecule has 7 heteroatoms. The van der Waals surface area contributed by atoms with E-state index in [1.807, 2.05) is 0 Å². The van der Waals surface area contributed by atoms with Crippen molar-refractivity contribution in [2.75, 3.05) is 19.7 Å². The summed E-state index contributed by atoms with van der Waals surface area (Å²) in [5, 5.41) is 13.0. The summed E-state index contributed by atoms with van der Waals surface area (Å²) in [5.74, 6) is -1.69. The van der Waals surface area contributed by atoms with E-state index in [1.54, 1.807) is 11.8 Å². The molecule has 116 valence electrons. The summed E-state index contributed by atoms with van der Waals surface area (Å²) in [7, 11) is 0. The lowest BCUT2D eigenvalue weighted by Gasteiger charge is -2.37. The number of carbonyl (C=O) groups is 1. The predicted octanol–water partition coefficient (Wildman–Crippen LogP) is 1.52. The maximum atomic E-state index is 13.8. The van der Waals surface area contributed by atoms with Gasteiger partial charge in [0.1, 0.15) is 5.69 Å². The molecule has 2 heterocycles. The maximum Gasteiger partial charge on any atom is 0.274 e. The number of aliphatic hydroxyl groups excluding tert-OH is 1. The molecule has 22 heavy (non-hydrogen) atoms. The van der Waals surface area contributed by atoms with Gasteiger partial charge in [0.2, 0.25) is 0 Å². The average molecular weight is 307 g/mol. The van der Waals surface area contributed by atoms with Crippen LogP contribution in [0.25, 0.3) is 5.69 Å². The Morgan fingerprint density at radius 3 is 2.59 bits per heavy atom. The summed E-state index contributed by atoms with van der Waals surface area (Å²) in [6.45, 7) is 2.64. The second-order valence-electron chi connectivity index (χ2n) is 5.43. The molecule has 0 saturated carbocycles. The second-order valence-corrected chi connectivity index (χ2v) is 5.43. The number of aromatic nitrogens is 2. The van der Waals surface area contributed by atoms with Gasteiger partial charge in [0.05, 0.1) is 0 Å². The van der Waals surface area contributed by atoms with E-state index >= 15 is 0 Å². The van der Waals surface area contributed by atoms with Gasteiger partial charge in [0.15, 0.2) is 17.3 Å². The lowest BCUT2D eigenvalue weighted by molar-refractivity contribution is 0.0355. The molecule has 0 aliphatic carbocycles. The van der Waals surface area contributed by atoms with Crippen LogP contribution in [0.3, 0.4) is 0 Å². The zero-order valence-corrected chi connectivity index (χ0v) is 12.0. The van der Waals surface area contributed by atoms with Crippen molar-refractivity contribution >= 4 is 5.91 Å². The van der Waals surface area contributed by atoms with Gasteiger partial charge in [-0.3, -0.25) is 4.79 Å². The molecule has 3 rings (SSSR count). The number of likely N-dealkylation sites (tertiary alicyclic amines) is 1. The van der Waals surface area contributed by atoms with E-state index < -0.39 is 11.6 Å². The van der Waals surface area contributed by atoms with Crippen LogP contribution in [0.2, 0.25) is 0 Å². The minimum Gasteiger partial charge on any atom is -0.396 e. The Morgan fingerprint density at radius 1 is 1.36 bits per heavy atom. The van der Waals surface area contributed by atoms with Crippen molar-refractivity contribution in [1.29, 1.82) is 0 Å². The van der Waals surface area contributed by atoms with Crippen molar-refractivity contribution in [2.24, 2.45) is 5.92 Å². The molecular formula is C15H15F2N3O2. The molecule has 2 aromatic rings. The number of nitrogens with zero attached hydrogens (tertiary/aromatic N) is 3. The monoisotopic (exact) mass is 307 g/mol. The van der Waals surface area contributed by atoms with Crippen LogP contribution in [0.4, 0.5) is 8.78 Å². The number of aryl methyl sites for hydroxylation is 1. The van der Waals surface area contributed by atoms with Crippen LogP contribution < -0.4 is 0 Å². The minimum absolute atomic E-state index is 0.0393. The lowest BCUT2D eigenvalue weighted by atomic mass is 10.0. The van der Waals surface area contributed by atoms with Gasteiger partial charge in [0.25, 0.3) is 5.91 Å². The molecule has 1 aromatic carbocycles. The van der Waals surface area contributed by atoms with Gasteiger partial charge < -0.3 is 10.0 Å². The smallest absolute Gasteiger partial charge is 0.274 e. The Hall–Kier alpha value is -2.28. The molecule has 0 bridgehead atoms. The number of amides is 1. The van der Waals surface area contributed by atoms with Crippen LogP contribution in [-0.2, 0) is 0 Å². The molecule has 1 saturated heterocycles. The largest absolute Gasteiger partial charge is 0.396 e. The molecular weight excluding hydrogens is 292 g/mol. The van der Waals surface area contributed by atoms with E-state index in [9.17, 15) is 13.6 Å². The number of aliphatic hydroxyl groups is 1. The van der Waals surface area contributed by atoms with Gasteiger partial charge in [-0.1, -0.05) is 6.07 Å². The standard InChI is InChI=1S/C15H15F2N3O2/c1-9-5-20(14-11(16)3-2-4-12(14)17)18-13(9)15(22)19-6-10(7-19)8-21/h2-5,10,21H,6-8H2,1H3. The molecule has 1 aromatic heterocycles. The molecule has 1 fully saturated rings. The highest BCUT2D eigenvalue weighted by Crippen LogP contribution is 2.22. The van der Waals surface area contributed by atoms with Crippen molar-refractivity contribution in [1.82, 2.24) is 14.7 Å². The highest BCUT2D eigenvalue weighted by molar-refractivity contribution is 5.94. The lowest BCUT2D eigenvalue weighted by Crippen LogP contribution is -2.51. The molecule has 0 spiro atoms. The van der Waals surface area contributed by atoms with Gasteiger partial charge in [-0.15, -0.1) is 0 Å². The van der Waals surface area contributed by atoms with Crippen LogP contribution in [0.5, 0.6) is 0 Å². The first kappa shape index (κ1) is 14.6. The summed E-state index contributed by atoms with van der Waals surface area (Å²) in [4.78, 5) is 13.9. The number of hydrogen-bond acceptors (Lipinski definition) is 3. The number of halogens is 2. The quantitative estimate of drug-likeness (QED) is 0.935. The predicted molar refractivity (Wildman–Crippen MR) is 74.7 cm³/mol. The maximum absolute atomic E-state index is 13.8. The van der Waals surface area contributed by atoms with Crippen molar-refractivity contribution < 1.29 is 18.7 Å². The van der Waals surface area contributed by atoms with Gasteiger partial charge in [-0.25, -0.2) is 13.5 Å². The third-order valence-corrected chi connectivity index (χ3v) is 3.77. The number of rotatable bonds is 3. The van der Waals surface area contributed by atoms with Crippen molar-refractivity contribution in [3.05, 3.63) is 47.3 Å². The third kappa shape index (κ3) is 2.37. The molecule has 1 N–H and O–H groups in total. The van der Waals surface area contributed by atoms with Crippen LogP contribution in [0.15, 0.2) is 24.4 Å². The van der Waals surface area contributed by atoms with E-state index in [0.29, 0.717) is 18.7 Å². The van der Waals surface area contributed by atoms with Crippen molar-refractivity contribution in [3.63, 3.8) is 0 Å². The fraction of sp³-hybridized carbons (Fsp3) is 0.333. The van der Waals surface area contributed by atoms with Crippen molar-refractivity contribution in [3.8, 4) is 5.69 Å². The Morgan fingerprint density at radius 2 is 2.00 bits per heavy atom. The SMILES string of the molecule is Cc1cn(-c2c(F)cccc2F)nc1C(=O)N1CC(CO)C1. The average Bonchev–Trinajstić information content (AvgIpc) is 2.79. The number of carbonyl (C=O) groups excluding carboxylic acids is 1. The Labute approximate surface area is 125 Å². The molecule has 0 atom stereocenters. The fourth-order valence-electron chi connectivity index (χ4n) is 2.49. The first-order chi connectivity index (χ1) is 10.5. The zero-order valence-electron chi connectivity index (χ0n) is 12.0. The van der Waals surface area contributed by atoms with Crippen LogP contribution in [0, 0.1) is 24.5 Å². The number of benzene rings is 1. The molecule has 1 aliphatic rings. The van der Waals surface area contributed by atoms with E-state index in [-0.39, 0.29) is 29.8 Å². The minimum atomic E-state index is -0.745. The Bertz CT molecular complexity index is 703. The van der Waals surface area contributed by atoms with Gasteiger partial charge in [-0.2, -0.15) is 5.10 Å². The van der Waals surface area contributed by atoms with Crippen LogP contribution >= 0.6 is 0 Å². The Balaban J connectivity index is 1.90. The van der Waals surface area contributed by atoms with E-state index in [4.69, 9.17) is 5.11 Å². The van der Waals surface area contributed by atoms with E-state index in [0.717, 1.165) is 16.8 Å². The first-order valence-electron chi connectivity index (χ1n) is 6.92. The highest BCUT2D eigenvalue weighted by atomic mass is 19.1.